The Hall–Kier alpha value is -2.20. The fourth-order valence-electron chi connectivity index (χ4n) is 3.44. The molecule has 11 heteroatoms. The summed E-state index contributed by atoms with van der Waals surface area (Å²) in [5.41, 5.74) is 0.884. The van der Waals surface area contributed by atoms with E-state index in [1.165, 1.54) is 16.4 Å². The Kier molecular flexibility index (Phi) is 6.47. The van der Waals surface area contributed by atoms with E-state index in [1.807, 2.05) is 18.2 Å². The van der Waals surface area contributed by atoms with Crippen LogP contribution in [0.3, 0.4) is 0 Å². The third kappa shape index (κ3) is 4.69. The van der Waals surface area contributed by atoms with Crippen molar-refractivity contribution in [1.29, 1.82) is 0 Å². The number of carbonyl (C=O) groups excluding carboxylic acids is 1. The monoisotopic (exact) mass is 485 g/mol. The van der Waals surface area contributed by atoms with Crippen molar-refractivity contribution >= 4 is 39.3 Å². The fraction of sp³-hybridized carbons (Fsp3) is 0.350. The average molecular weight is 486 g/mol. The van der Waals surface area contributed by atoms with Crippen molar-refractivity contribution in [2.75, 3.05) is 39.4 Å². The van der Waals surface area contributed by atoms with Gasteiger partial charge in [0.2, 0.25) is 10.0 Å². The van der Waals surface area contributed by atoms with Gasteiger partial charge in [0, 0.05) is 32.7 Å². The number of sulfonamides is 1. The number of ether oxygens (including phenoxy) is 2. The predicted octanol–water partition coefficient (Wildman–Crippen LogP) is 2.98. The van der Waals surface area contributed by atoms with Gasteiger partial charge in [-0.2, -0.15) is 4.31 Å². The van der Waals surface area contributed by atoms with Gasteiger partial charge in [0.05, 0.1) is 10.0 Å². The van der Waals surface area contributed by atoms with Crippen molar-refractivity contribution in [2.45, 2.75) is 11.4 Å². The zero-order valence-corrected chi connectivity index (χ0v) is 18.8. The highest BCUT2D eigenvalue weighted by atomic mass is 35.5. The summed E-state index contributed by atoms with van der Waals surface area (Å²) in [6, 6.07) is 9.78. The standard InChI is InChI=1S/C20H21Cl2N3O5S/c21-15-2-1-3-18(19(15)22)31(27,28)25-8-6-24(7-9-25)20(26)23-13-14-4-5-16-17(12-14)30-11-10-29-16/h1-5,12H,6-11,13H2,(H,23,26). The van der Waals surface area contributed by atoms with Crippen LogP contribution >= 0.6 is 23.2 Å². The number of fused-ring (bicyclic) bond motifs is 1. The molecule has 1 saturated heterocycles. The zero-order valence-electron chi connectivity index (χ0n) is 16.5. The van der Waals surface area contributed by atoms with Crippen LogP contribution in [0.4, 0.5) is 4.79 Å². The number of carbonyl (C=O) groups is 1. The van der Waals surface area contributed by atoms with Crippen molar-refractivity contribution in [3.05, 3.63) is 52.0 Å². The molecule has 8 nitrogen and oxygen atoms in total. The van der Waals surface area contributed by atoms with E-state index in [4.69, 9.17) is 32.7 Å². The lowest BCUT2D eigenvalue weighted by Crippen LogP contribution is -2.53. The molecule has 0 spiro atoms. The minimum absolute atomic E-state index is 0.00349. The number of nitrogens with one attached hydrogen (secondary N) is 1. The molecule has 2 heterocycles. The van der Waals surface area contributed by atoms with Crippen molar-refractivity contribution in [3.8, 4) is 11.5 Å². The largest absolute Gasteiger partial charge is 0.486 e. The number of piperazine rings is 1. The van der Waals surface area contributed by atoms with Crippen LogP contribution < -0.4 is 14.8 Å². The third-order valence-electron chi connectivity index (χ3n) is 5.11. The van der Waals surface area contributed by atoms with Gasteiger partial charge in [0.25, 0.3) is 0 Å². The minimum Gasteiger partial charge on any atom is -0.486 e. The molecule has 4 rings (SSSR count). The summed E-state index contributed by atoms with van der Waals surface area (Å²) in [4.78, 5) is 14.1. The Morgan fingerprint density at radius 1 is 1.00 bits per heavy atom. The molecule has 2 amide bonds. The van der Waals surface area contributed by atoms with Crippen molar-refractivity contribution in [2.24, 2.45) is 0 Å². The highest BCUT2D eigenvalue weighted by molar-refractivity contribution is 7.89. The Labute approximate surface area is 190 Å². The van der Waals surface area contributed by atoms with E-state index in [0.29, 0.717) is 31.3 Å². The van der Waals surface area contributed by atoms with Gasteiger partial charge in [0.15, 0.2) is 11.5 Å². The molecule has 2 aromatic carbocycles. The first kappa shape index (κ1) is 22.0. The van der Waals surface area contributed by atoms with Gasteiger partial charge < -0.3 is 19.7 Å². The van der Waals surface area contributed by atoms with Gasteiger partial charge in [-0.25, -0.2) is 13.2 Å². The van der Waals surface area contributed by atoms with Crippen molar-refractivity contribution in [3.63, 3.8) is 0 Å². The van der Waals surface area contributed by atoms with E-state index < -0.39 is 10.0 Å². The quantitative estimate of drug-likeness (QED) is 0.718. The van der Waals surface area contributed by atoms with Crippen LogP contribution in [0.15, 0.2) is 41.3 Å². The van der Waals surface area contributed by atoms with Crippen LogP contribution in [-0.4, -0.2) is 63.0 Å². The van der Waals surface area contributed by atoms with Crippen molar-refractivity contribution < 1.29 is 22.7 Å². The van der Waals surface area contributed by atoms with Gasteiger partial charge in [-0.3, -0.25) is 0 Å². The summed E-state index contributed by atoms with van der Waals surface area (Å²) in [6.45, 7) is 2.22. The molecule has 2 aromatic rings. The van der Waals surface area contributed by atoms with Crippen LogP contribution in [-0.2, 0) is 16.6 Å². The lowest BCUT2D eigenvalue weighted by atomic mass is 10.2. The molecule has 1 N–H and O–H groups in total. The summed E-state index contributed by atoms with van der Waals surface area (Å²) >= 11 is 12.0. The minimum atomic E-state index is -3.80. The highest BCUT2D eigenvalue weighted by Crippen LogP contribution is 2.32. The van der Waals surface area contributed by atoms with E-state index in [0.717, 1.165) is 5.56 Å². The highest BCUT2D eigenvalue weighted by Gasteiger charge is 2.32. The lowest BCUT2D eigenvalue weighted by molar-refractivity contribution is 0.170. The molecule has 2 aliphatic heterocycles. The van der Waals surface area contributed by atoms with Gasteiger partial charge in [-0.1, -0.05) is 35.3 Å². The molecule has 0 unspecified atom stereocenters. The fourth-order valence-corrected chi connectivity index (χ4v) is 5.60. The first-order valence-electron chi connectivity index (χ1n) is 9.72. The molecule has 1 fully saturated rings. The van der Waals surface area contributed by atoms with E-state index in [-0.39, 0.29) is 47.2 Å². The summed E-state index contributed by atoms with van der Waals surface area (Å²) in [5.74, 6) is 1.36. The van der Waals surface area contributed by atoms with Crippen molar-refractivity contribution in [1.82, 2.24) is 14.5 Å². The summed E-state index contributed by atoms with van der Waals surface area (Å²) in [7, 11) is -3.80. The Bertz CT molecular complexity index is 1090. The molecule has 0 atom stereocenters. The van der Waals surface area contributed by atoms with Crippen LogP contribution in [0.25, 0.3) is 0 Å². The number of halogens is 2. The van der Waals surface area contributed by atoms with Crippen LogP contribution in [0.2, 0.25) is 10.0 Å². The summed E-state index contributed by atoms with van der Waals surface area (Å²) in [5, 5.41) is 3.05. The molecule has 0 aliphatic carbocycles. The van der Waals surface area contributed by atoms with Gasteiger partial charge in [0.1, 0.15) is 18.1 Å². The lowest BCUT2D eigenvalue weighted by Gasteiger charge is -2.34. The number of hydrogen-bond acceptors (Lipinski definition) is 5. The number of rotatable bonds is 4. The summed E-state index contributed by atoms with van der Waals surface area (Å²) < 4.78 is 38.2. The summed E-state index contributed by atoms with van der Waals surface area (Å²) in [6.07, 6.45) is 0. The van der Waals surface area contributed by atoms with E-state index in [9.17, 15) is 13.2 Å². The number of nitrogens with zero attached hydrogens (tertiary/aromatic N) is 2. The number of benzene rings is 2. The third-order valence-corrected chi connectivity index (χ3v) is 7.98. The second-order valence-electron chi connectivity index (χ2n) is 7.08. The SMILES string of the molecule is O=C(NCc1ccc2c(c1)OCCO2)N1CCN(S(=O)(=O)c2cccc(Cl)c2Cl)CC1. The Morgan fingerprint density at radius 3 is 2.45 bits per heavy atom. The van der Waals surface area contributed by atoms with E-state index in [1.54, 1.807) is 11.0 Å². The zero-order chi connectivity index (χ0) is 22.0. The normalized spacial score (nSPS) is 16.8. The first-order chi connectivity index (χ1) is 14.9. The maximum atomic E-state index is 12.9. The van der Waals surface area contributed by atoms with Gasteiger partial charge in [-0.15, -0.1) is 0 Å². The topological polar surface area (TPSA) is 88.2 Å². The molecular formula is C20H21Cl2N3O5S. The predicted molar refractivity (Wildman–Crippen MR) is 116 cm³/mol. The molecule has 2 aliphatic rings. The molecule has 31 heavy (non-hydrogen) atoms. The Balaban J connectivity index is 1.33. The number of amides is 2. The molecular weight excluding hydrogens is 465 g/mol. The van der Waals surface area contributed by atoms with Crippen LogP contribution in [0, 0.1) is 0 Å². The van der Waals surface area contributed by atoms with Gasteiger partial charge >= 0.3 is 6.03 Å². The number of urea groups is 1. The molecule has 0 radical (unpaired) electrons. The second-order valence-corrected chi connectivity index (χ2v) is 9.77. The number of hydrogen-bond donors (Lipinski definition) is 1. The van der Waals surface area contributed by atoms with Gasteiger partial charge in [-0.05, 0) is 29.8 Å². The van der Waals surface area contributed by atoms with Crippen LogP contribution in [0.1, 0.15) is 5.56 Å². The molecule has 0 saturated carbocycles. The average Bonchev–Trinajstić information content (AvgIpc) is 2.79. The molecule has 0 bridgehead atoms. The first-order valence-corrected chi connectivity index (χ1v) is 11.9. The maximum Gasteiger partial charge on any atom is 0.317 e. The maximum absolute atomic E-state index is 12.9. The Morgan fingerprint density at radius 2 is 1.71 bits per heavy atom. The van der Waals surface area contributed by atoms with Crippen LogP contribution in [0.5, 0.6) is 11.5 Å². The molecule has 0 aromatic heterocycles. The second kappa shape index (κ2) is 9.12. The molecule has 166 valence electrons. The smallest absolute Gasteiger partial charge is 0.317 e. The van der Waals surface area contributed by atoms with E-state index in [2.05, 4.69) is 5.32 Å². The van der Waals surface area contributed by atoms with E-state index >= 15 is 0 Å².